The summed E-state index contributed by atoms with van der Waals surface area (Å²) in [6.45, 7) is 0. The Labute approximate surface area is 147 Å². The highest BCUT2D eigenvalue weighted by Crippen LogP contribution is 2.28. The van der Waals surface area contributed by atoms with Crippen LogP contribution >= 0.6 is 0 Å². The molecule has 0 aliphatic carbocycles. The molecule has 2 N–H and O–H groups in total. The van der Waals surface area contributed by atoms with Crippen molar-refractivity contribution >= 4 is 12.1 Å². The zero-order chi connectivity index (χ0) is 18.5. The number of pyridine rings is 1. The zero-order valence-corrected chi connectivity index (χ0v) is 13.4. The molecule has 2 aromatic carbocycles. The van der Waals surface area contributed by atoms with Gasteiger partial charge in [-0.05, 0) is 35.9 Å². The third-order valence-corrected chi connectivity index (χ3v) is 3.55. The lowest BCUT2D eigenvalue weighted by Gasteiger charge is -2.08. The van der Waals surface area contributed by atoms with E-state index in [0.29, 0.717) is 11.1 Å². The van der Waals surface area contributed by atoms with E-state index >= 15 is 0 Å². The molecular formula is C19H13F2N3O2. The van der Waals surface area contributed by atoms with E-state index in [1.165, 1.54) is 30.5 Å². The van der Waals surface area contributed by atoms with Crippen molar-refractivity contribution in [3.63, 3.8) is 0 Å². The van der Waals surface area contributed by atoms with Crippen molar-refractivity contribution in [3.8, 4) is 16.9 Å². The quantitative estimate of drug-likeness (QED) is 0.557. The van der Waals surface area contributed by atoms with Crippen LogP contribution in [0.4, 0.5) is 8.78 Å². The molecule has 3 rings (SSSR count). The first-order chi connectivity index (χ1) is 12.5. The monoisotopic (exact) mass is 353 g/mol. The molecule has 0 aliphatic rings. The van der Waals surface area contributed by atoms with Crippen molar-refractivity contribution in [2.24, 2.45) is 5.10 Å². The molecule has 0 atom stereocenters. The summed E-state index contributed by atoms with van der Waals surface area (Å²) >= 11 is 0. The topological polar surface area (TPSA) is 74.6 Å². The Morgan fingerprint density at radius 1 is 1.15 bits per heavy atom. The molecule has 26 heavy (non-hydrogen) atoms. The number of hydrogen-bond acceptors (Lipinski definition) is 4. The van der Waals surface area contributed by atoms with Gasteiger partial charge in [-0.3, -0.25) is 9.78 Å². The molecule has 0 unspecified atom stereocenters. The number of rotatable bonds is 4. The standard InChI is InChI=1S/C19H13F2N3O2/c20-14-4-5-15(17(21)9-14)13-3-6-18(25)16(8-13)19(26)24-23-11-12-2-1-7-22-10-12/h1-11,25H,(H,24,26). The van der Waals surface area contributed by atoms with Crippen LogP contribution in [0.1, 0.15) is 15.9 Å². The van der Waals surface area contributed by atoms with E-state index in [1.54, 1.807) is 24.5 Å². The minimum atomic E-state index is -0.767. The SMILES string of the molecule is O=C(NN=Cc1cccnc1)c1cc(-c2ccc(F)cc2F)ccc1O. The fraction of sp³-hybridized carbons (Fsp3) is 0. The molecule has 5 nitrogen and oxygen atoms in total. The molecule has 1 amide bonds. The summed E-state index contributed by atoms with van der Waals surface area (Å²) in [5, 5.41) is 13.7. The summed E-state index contributed by atoms with van der Waals surface area (Å²) in [4.78, 5) is 16.1. The highest BCUT2D eigenvalue weighted by atomic mass is 19.1. The van der Waals surface area contributed by atoms with Crippen LogP contribution in [0.2, 0.25) is 0 Å². The third-order valence-electron chi connectivity index (χ3n) is 3.55. The number of hydrazone groups is 1. The van der Waals surface area contributed by atoms with Gasteiger partial charge in [-0.25, -0.2) is 14.2 Å². The maximum absolute atomic E-state index is 13.9. The van der Waals surface area contributed by atoms with E-state index < -0.39 is 17.5 Å². The second-order valence-corrected chi connectivity index (χ2v) is 5.34. The zero-order valence-electron chi connectivity index (χ0n) is 13.4. The van der Waals surface area contributed by atoms with E-state index in [2.05, 4.69) is 15.5 Å². The van der Waals surface area contributed by atoms with Crippen molar-refractivity contribution in [3.05, 3.63) is 83.7 Å². The van der Waals surface area contributed by atoms with E-state index in [-0.39, 0.29) is 16.9 Å². The van der Waals surface area contributed by atoms with Crippen molar-refractivity contribution in [1.82, 2.24) is 10.4 Å². The van der Waals surface area contributed by atoms with Gasteiger partial charge in [0.15, 0.2) is 0 Å². The number of benzene rings is 2. The van der Waals surface area contributed by atoms with Crippen molar-refractivity contribution in [2.45, 2.75) is 0 Å². The van der Waals surface area contributed by atoms with Gasteiger partial charge in [-0.2, -0.15) is 5.10 Å². The normalized spacial score (nSPS) is 10.8. The summed E-state index contributed by atoms with van der Waals surface area (Å²) in [6, 6.07) is 10.6. The van der Waals surface area contributed by atoms with Crippen LogP contribution in [0.25, 0.3) is 11.1 Å². The van der Waals surface area contributed by atoms with Gasteiger partial charge >= 0.3 is 0 Å². The Morgan fingerprint density at radius 2 is 2.00 bits per heavy atom. The lowest BCUT2D eigenvalue weighted by Crippen LogP contribution is -2.17. The average Bonchev–Trinajstić information content (AvgIpc) is 2.63. The number of amides is 1. The minimum absolute atomic E-state index is 0.0884. The number of carbonyl (C=O) groups excluding carboxylic acids is 1. The number of phenols is 1. The first-order valence-electron chi connectivity index (χ1n) is 7.56. The third kappa shape index (κ3) is 3.89. The predicted octanol–water partition coefficient (Wildman–Crippen LogP) is 3.50. The molecule has 7 heteroatoms. The molecule has 0 spiro atoms. The van der Waals surface area contributed by atoms with Crippen LogP contribution < -0.4 is 5.43 Å². The van der Waals surface area contributed by atoms with Gasteiger partial charge in [-0.1, -0.05) is 12.1 Å². The first kappa shape index (κ1) is 17.2. The molecular weight excluding hydrogens is 340 g/mol. The largest absolute Gasteiger partial charge is 0.507 e. The number of aromatic hydroxyl groups is 1. The summed E-state index contributed by atoms with van der Waals surface area (Å²) < 4.78 is 27.0. The Balaban J connectivity index is 1.83. The van der Waals surface area contributed by atoms with Gasteiger partial charge in [0.2, 0.25) is 0 Å². The Morgan fingerprint density at radius 3 is 2.73 bits per heavy atom. The van der Waals surface area contributed by atoms with Crippen LogP contribution in [0.3, 0.4) is 0 Å². The summed E-state index contributed by atoms with van der Waals surface area (Å²) in [5.74, 6) is -2.43. The van der Waals surface area contributed by atoms with E-state index in [4.69, 9.17) is 0 Å². The smallest absolute Gasteiger partial charge is 0.275 e. The lowest BCUT2D eigenvalue weighted by atomic mass is 10.0. The van der Waals surface area contributed by atoms with Crippen LogP contribution in [-0.4, -0.2) is 22.2 Å². The number of carbonyl (C=O) groups is 1. The Hall–Kier alpha value is -3.61. The second kappa shape index (κ2) is 7.52. The van der Waals surface area contributed by atoms with Crippen molar-refractivity contribution < 1.29 is 18.7 Å². The number of hydrogen-bond donors (Lipinski definition) is 2. The predicted molar refractivity (Wildman–Crippen MR) is 92.8 cm³/mol. The van der Waals surface area contributed by atoms with Gasteiger partial charge in [-0.15, -0.1) is 0 Å². The Kier molecular flexibility index (Phi) is 4.98. The molecule has 0 fully saturated rings. The molecule has 1 heterocycles. The number of halogens is 2. The minimum Gasteiger partial charge on any atom is -0.507 e. The molecule has 130 valence electrons. The second-order valence-electron chi connectivity index (χ2n) is 5.34. The first-order valence-corrected chi connectivity index (χ1v) is 7.56. The number of aromatic nitrogens is 1. The fourth-order valence-electron chi connectivity index (χ4n) is 2.29. The Bertz CT molecular complexity index is 976. The van der Waals surface area contributed by atoms with Gasteiger partial charge < -0.3 is 5.11 Å². The van der Waals surface area contributed by atoms with Gasteiger partial charge in [0.25, 0.3) is 5.91 Å². The molecule has 0 radical (unpaired) electrons. The van der Waals surface area contributed by atoms with E-state index in [1.807, 2.05) is 0 Å². The maximum atomic E-state index is 13.9. The van der Waals surface area contributed by atoms with Gasteiger partial charge in [0, 0.05) is 29.6 Å². The molecule has 0 bridgehead atoms. The summed E-state index contributed by atoms with van der Waals surface area (Å²) in [6.07, 6.45) is 4.56. The number of nitrogens with zero attached hydrogens (tertiary/aromatic N) is 2. The average molecular weight is 353 g/mol. The molecule has 3 aromatic rings. The highest BCUT2D eigenvalue weighted by molar-refractivity contribution is 5.98. The van der Waals surface area contributed by atoms with E-state index in [0.717, 1.165) is 12.1 Å². The maximum Gasteiger partial charge on any atom is 0.275 e. The van der Waals surface area contributed by atoms with Crippen LogP contribution in [0, 0.1) is 11.6 Å². The van der Waals surface area contributed by atoms with Gasteiger partial charge in [0.05, 0.1) is 11.8 Å². The lowest BCUT2D eigenvalue weighted by molar-refractivity contribution is 0.0952. The van der Waals surface area contributed by atoms with E-state index in [9.17, 15) is 18.7 Å². The summed E-state index contributed by atoms with van der Waals surface area (Å²) in [7, 11) is 0. The number of phenolic OH excluding ortho intramolecular Hbond substituents is 1. The van der Waals surface area contributed by atoms with Crippen LogP contribution in [-0.2, 0) is 0 Å². The molecule has 1 aromatic heterocycles. The van der Waals surface area contributed by atoms with Crippen LogP contribution in [0.15, 0.2) is 66.0 Å². The summed E-state index contributed by atoms with van der Waals surface area (Å²) in [5.41, 5.74) is 3.30. The molecule has 0 saturated heterocycles. The fourth-order valence-corrected chi connectivity index (χ4v) is 2.29. The van der Waals surface area contributed by atoms with Crippen molar-refractivity contribution in [1.29, 1.82) is 0 Å². The molecule has 0 saturated carbocycles. The molecule has 0 aliphatic heterocycles. The van der Waals surface area contributed by atoms with Crippen LogP contribution in [0.5, 0.6) is 5.75 Å². The highest BCUT2D eigenvalue weighted by Gasteiger charge is 2.14. The number of nitrogens with one attached hydrogen (secondary N) is 1. The van der Waals surface area contributed by atoms with Crippen molar-refractivity contribution in [2.75, 3.05) is 0 Å². The van der Waals surface area contributed by atoms with Gasteiger partial charge in [0.1, 0.15) is 17.4 Å².